The SMILES string of the molecule is O=C(Cc1c[nH]c2ccccc12)Nc1scc(-c2ccccc2)c1C(=O)O. The van der Waals surface area contributed by atoms with Gasteiger partial charge in [0.2, 0.25) is 5.91 Å². The summed E-state index contributed by atoms with van der Waals surface area (Å²) in [5, 5.41) is 15.5. The van der Waals surface area contributed by atoms with Crippen LogP contribution < -0.4 is 5.32 Å². The van der Waals surface area contributed by atoms with Crippen molar-refractivity contribution < 1.29 is 14.7 Å². The Labute approximate surface area is 159 Å². The molecule has 0 aliphatic rings. The molecule has 4 rings (SSSR count). The van der Waals surface area contributed by atoms with E-state index in [9.17, 15) is 14.7 Å². The second-order valence-corrected chi connectivity index (χ2v) is 6.99. The molecule has 0 atom stereocenters. The van der Waals surface area contributed by atoms with Crippen molar-refractivity contribution in [3.63, 3.8) is 0 Å². The number of benzene rings is 2. The van der Waals surface area contributed by atoms with E-state index in [2.05, 4.69) is 10.3 Å². The number of anilines is 1. The third kappa shape index (κ3) is 3.35. The maximum Gasteiger partial charge on any atom is 0.339 e. The Bertz CT molecular complexity index is 1130. The number of carbonyl (C=O) groups excluding carboxylic acids is 1. The topological polar surface area (TPSA) is 82.2 Å². The maximum atomic E-state index is 12.5. The van der Waals surface area contributed by atoms with E-state index in [0.717, 1.165) is 22.0 Å². The molecule has 0 aliphatic carbocycles. The second kappa shape index (κ2) is 7.09. The molecule has 0 saturated carbocycles. The van der Waals surface area contributed by atoms with Crippen molar-refractivity contribution in [1.82, 2.24) is 4.98 Å². The zero-order chi connectivity index (χ0) is 18.8. The van der Waals surface area contributed by atoms with Crippen LogP contribution in [0.4, 0.5) is 5.00 Å². The van der Waals surface area contributed by atoms with Crippen LogP contribution in [0, 0.1) is 0 Å². The van der Waals surface area contributed by atoms with E-state index in [0.29, 0.717) is 10.6 Å². The Hall–Kier alpha value is -3.38. The lowest BCUT2D eigenvalue weighted by atomic mass is 10.0. The molecule has 3 N–H and O–H groups in total. The number of carbonyl (C=O) groups is 2. The number of hydrogen-bond donors (Lipinski definition) is 3. The third-order valence-corrected chi connectivity index (χ3v) is 5.26. The molecule has 1 amide bonds. The Balaban J connectivity index is 1.60. The van der Waals surface area contributed by atoms with Crippen LogP contribution in [0.1, 0.15) is 15.9 Å². The zero-order valence-corrected chi connectivity index (χ0v) is 15.0. The van der Waals surface area contributed by atoms with E-state index in [1.807, 2.05) is 60.8 Å². The van der Waals surface area contributed by atoms with E-state index in [1.165, 1.54) is 11.3 Å². The fourth-order valence-corrected chi connectivity index (χ4v) is 4.09. The smallest absolute Gasteiger partial charge is 0.339 e. The van der Waals surface area contributed by atoms with Crippen LogP contribution >= 0.6 is 11.3 Å². The number of H-pyrrole nitrogens is 1. The minimum Gasteiger partial charge on any atom is -0.478 e. The molecule has 0 radical (unpaired) electrons. The molecular weight excluding hydrogens is 360 g/mol. The third-order valence-electron chi connectivity index (χ3n) is 4.37. The highest BCUT2D eigenvalue weighted by molar-refractivity contribution is 7.15. The van der Waals surface area contributed by atoms with Crippen LogP contribution in [0.15, 0.2) is 66.2 Å². The number of fused-ring (bicyclic) bond motifs is 1. The molecule has 0 spiro atoms. The highest BCUT2D eigenvalue weighted by Crippen LogP contribution is 2.35. The molecule has 6 heteroatoms. The summed E-state index contributed by atoms with van der Waals surface area (Å²) in [5.41, 5.74) is 3.38. The number of para-hydroxylation sites is 1. The molecule has 5 nitrogen and oxygen atoms in total. The van der Waals surface area contributed by atoms with Gasteiger partial charge in [-0.2, -0.15) is 0 Å². The van der Waals surface area contributed by atoms with Gasteiger partial charge >= 0.3 is 5.97 Å². The molecule has 0 aliphatic heterocycles. The number of hydrogen-bond acceptors (Lipinski definition) is 3. The van der Waals surface area contributed by atoms with Gasteiger partial charge in [0, 0.05) is 28.0 Å². The van der Waals surface area contributed by atoms with Crippen LogP contribution in [-0.2, 0) is 11.2 Å². The van der Waals surface area contributed by atoms with Crippen LogP contribution in [0.5, 0.6) is 0 Å². The summed E-state index contributed by atoms with van der Waals surface area (Å²) >= 11 is 1.22. The van der Waals surface area contributed by atoms with Gasteiger partial charge < -0.3 is 15.4 Å². The number of carboxylic acids is 1. The van der Waals surface area contributed by atoms with Crippen molar-refractivity contribution in [2.45, 2.75) is 6.42 Å². The number of aromatic carboxylic acids is 1. The maximum absolute atomic E-state index is 12.5. The first-order valence-electron chi connectivity index (χ1n) is 8.38. The van der Waals surface area contributed by atoms with E-state index in [4.69, 9.17) is 0 Å². The number of nitrogens with one attached hydrogen (secondary N) is 2. The minimum absolute atomic E-state index is 0.124. The largest absolute Gasteiger partial charge is 0.478 e. The van der Waals surface area contributed by atoms with Gasteiger partial charge in [-0.25, -0.2) is 4.79 Å². The molecule has 134 valence electrons. The molecule has 27 heavy (non-hydrogen) atoms. The van der Waals surface area contributed by atoms with Gasteiger partial charge in [0.15, 0.2) is 0 Å². The summed E-state index contributed by atoms with van der Waals surface area (Å²) in [6.07, 6.45) is 1.98. The number of aromatic amines is 1. The van der Waals surface area contributed by atoms with Gasteiger partial charge in [-0.1, -0.05) is 48.5 Å². The molecule has 0 unspecified atom stereocenters. The standard InChI is InChI=1S/C21H16N2O3S/c24-18(10-14-11-22-17-9-5-4-8-15(14)17)23-20-19(21(25)26)16(12-27-20)13-6-2-1-3-7-13/h1-9,11-12,22H,10H2,(H,23,24)(H,25,26). The van der Waals surface area contributed by atoms with Gasteiger partial charge in [-0.3, -0.25) is 4.79 Å². The van der Waals surface area contributed by atoms with Crippen molar-refractivity contribution in [2.24, 2.45) is 0 Å². The Kier molecular flexibility index (Phi) is 4.48. The highest BCUT2D eigenvalue weighted by Gasteiger charge is 2.21. The molecule has 4 aromatic rings. The van der Waals surface area contributed by atoms with Crippen LogP contribution in [0.2, 0.25) is 0 Å². The van der Waals surface area contributed by atoms with E-state index in [1.54, 1.807) is 5.38 Å². The molecule has 2 aromatic carbocycles. The molecular formula is C21H16N2O3S. The van der Waals surface area contributed by atoms with E-state index in [-0.39, 0.29) is 17.9 Å². The van der Waals surface area contributed by atoms with E-state index >= 15 is 0 Å². The predicted molar refractivity (Wildman–Crippen MR) is 107 cm³/mol. The lowest BCUT2D eigenvalue weighted by molar-refractivity contribution is -0.115. The molecule has 0 bridgehead atoms. The van der Waals surface area contributed by atoms with Crippen molar-refractivity contribution in [3.8, 4) is 11.1 Å². The molecule has 0 fully saturated rings. The zero-order valence-electron chi connectivity index (χ0n) is 14.2. The summed E-state index contributed by atoms with van der Waals surface area (Å²) in [5.74, 6) is -1.30. The summed E-state index contributed by atoms with van der Waals surface area (Å²) in [7, 11) is 0. The Morgan fingerprint density at radius 2 is 1.78 bits per heavy atom. The van der Waals surface area contributed by atoms with Crippen molar-refractivity contribution in [3.05, 3.63) is 77.3 Å². The Morgan fingerprint density at radius 1 is 1.04 bits per heavy atom. The average Bonchev–Trinajstić information content (AvgIpc) is 3.27. The van der Waals surface area contributed by atoms with Gasteiger partial charge in [0.1, 0.15) is 10.6 Å². The fraction of sp³-hybridized carbons (Fsp3) is 0.0476. The molecule has 2 aromatic heterocycles. The van der Waals surface area contributed by atoms with Gasteiger partial charge in [0.25, 0.3) is 0 Å². The first-order valence-corrected chi connectivity index (χ1v) is 9.26. The van der Waals surface area contributed by atoms with Gasteiger partial charge in [-0.15, -0.1) is 11.3 Å². The van der Waals surface area contributed by atoms with Crippen LogP contribution in [0.3, 0.4) is 0 Å². The van der Waals surface area contributed by atoms with Gasteiger partial charge in [-0.05, 0) is 17.2 Å². The first kappa shape index (κ1) is 17.1. The lowest BCUT2D eigenvalue weighted by Gasteiger charge is -2.06. The molecule has 0 saturated heterocycles. The van der Waals surface area contributed by atoms with Crippen LogP contribution in [-0.4, -0.2) is 22.0 Å². The Morgan fingerprint density at radius 3 is 2.56 bits per heavy atom. The quantitative estimate of drug-likeness (QED) is 0.469. The average molecular weight is 376 g/mol. The normalized spacial score (nSPS) is 10.8. The summed E-state index contributed by atoms with van der Waals surface area (Å²) in [6.45, 7) is 0. The summed E-state index contributed by atoms with van der Waals surface area (Å²) < 4.78 is 0. The van der Waals surface area contributed by atoms with Crippen molar-refractivity contribution >= 4 is 39.1 Å². The number of rotatable bonds is 5. The minimum atomic E-state index is -1.06. The molecule has 2 heterocycles. The second-order valence-electron chi connectivity index (χ2n) is 6.11. The lowest BCUT2D eigenvalue weighted by Crippen LogP contribution is -2.15. The number of amides is 1. The van der Waals surface area contributed by atoms with Crippen molar-refractivity contribution in [1.29, 1.82) is 0 Å². The number of thiophene rings is 1. The highest BCUT2D eigenvalue weighted by atomic mass is 32.1. The van der Waals surface area contributed by atoms with Crippen LogP contribution in [0.25, 0.3) is 22.0 Å². The van der Waals surface area contributed by atoms with Crippen molar-refractivity contribution in [2.75, 3.05) is 5.32 Å². The predicted octanol–water partition coefficient (Wildman–Crippen LogP) is 4.78. The fourth-order valence-electron chi connectivity index (χ4n) is 3.11. The number of aromatic nitrogens is 1. The van der Waals surface area contributed by atoms with E-state index < -0.39 is 5.97 Å². The summed E-state index contributed by atoms with van der Waals surface area (Å²) in [4.78, 5) is 27.5. The first-order chi connectivity index (χ1) is 13.1. The van der Waals surface area contributed by atoms with Gasteiger partial charge in [0.05, 0.1) is 6.42 Å². The summed E-state index contributed by atoms with van der Waals surface area (Å²) in [6, 6.07) is 17.0. The monoisotopic (exact) mass is 376 g/mol. The number of carboxylic acid groups (broad SMARTS) is 1.